The van der Waals surface area contributed by atoms with Crippen molar-refractivity contribution in [1.82, 2.24) is 10.2 Å². The quantitative estimate of drug-likeness (QED) is 0.683. The normalized spacial score (nSPS) is 11.4. The molecule has 0 atom stereocenters. The third-order valence-electron chi connectivity index (χ3n) is 3.80. The Kier molecular flexibility index (Phi) is 7.27. The second kappa shape index (κ2) is 9.46. The van der Waals surface area contributed by atoms with Crippen LogP contribution in [0.4, 0.5) is 27.6 Å². The Morgan fingerprint density at radius 2 is 1.62 bits per heavy atom. The van der Waals surface area contributed by atoms with E-state index in [0.717, 1.165) is 24.3 Å². The maximum absolute atomic E-state index is 13.1. The number of hydrogen-bond acceptors (Lipinski definition) is 3. The van der Waals surface area contributed by atoms with Crippen LogP contribution in [0.15, 0.2) is 42.5 Å². The molecular formula is C19H18F5N3O2. The average Bonchev–Trinajstić information content (AvgIpc) is 2.62. The second-order valence-corrected chi connectivity index (χ2v) is 6.32. The first-order valence-corrected chi connectivity index (χ1v) is 8.41. The highest BCUT2D eigenvalue weighted by Gasteiger charge is 2.29. The Balaban J connectivity index is 1.76. The Morgan fingerprint density at radius 3 is 2.21 bits per heavy atom. The first-order valence-electron chi connectivity index (χ1n) is 8.41. The maximum Gasteiger partial charge on any atom is 0.416 e. The summed E-state index contributed by atoms with van der Waals surface area (Å²) in [7, 11) is 1.60. The number of nitrogens with one attached hydrogen (secondary N) is 2. The van der Waals surface area contributed by atoms with Crippen LogP contribution in [0.1, 0.15) is 11.1 Å². The monoisotopic (exact) mass is 415 g/mol. The van der Waals surface area contributed by atoms with Crippen molar-refractivity contribution in [2.24, 2.45) is 0 Å². The second-order valence-electron chi connectivity index (χ2n) is 6.32. The lowest BCUT2D eigenvalue weighted by Crippen LogP contribution is -2.39. The number of carbonyl (C=O) groups excluding carboxylic acids is 2. The van der Waals surface area contributed by atoms with Gasteiger partial charge in [-0.3, -0.25) is 14.5 Å². The van der Waals surface area contributed by atoms with Crippen molar-refractivity contribution in [2.45, 2.75) is 12.7 Å². The van der Waals surface area contributed by atoms with Crippen molar-refractivity contribution in [3.8, 4) is 0 Å². The van der Waals surface area contributed by atoms with E-state index >= 15 is 0 Å². The van der Waals surface area contributed by atoms with Gasteiger partial charge in [0.15, 0.2) is 11.6 Å². The minimum atomic E-state index is -4.41. The molecule has 0 aromatic heterocycles. The van der Waals surface area contributed by atoms with Crippen LogP contribution in [0.2, 0.25) is 0 Å². The zero-order valence-electron chi connectivity index (χ0n) is 15.3. The van der Waals surface area contributed by atoms with Crippen molar-refractivity contribution in [2.75, 3.05) is 25.5 Å². The molecule has 0 saturated heterocycles. The lowest BCUT2D eigenvalue weighted by molar-refractivity contribution is -0.137. The van der Waals surface area contributed by atoms with Gasteiger partial charge in [0.05, 0.1) is 18.7 Å². The van der Waals surface area contributed by atoms with E-state index < -0.39 is 35.2 Å². The number of anilines is 1. The summed E-state index contributed by atoms with van der Waals surface area (Å²) in [4.78, 5) is 25.2. The molecule has 0 saturated carbocycles. The van der Waals surface area contributed by atoms with Crippen LogP contribution < -0.4 is 10.6 Å². The van der Waals surface area contributed by atoms with E-state index in [1.807, 2.05) is 0 Å². The molecule has 2 aromatic carbocycles. The standard InChI is InChI=1S/C19H18F5N3O2/c1-27(10-12-2-4-13(5-3-12)19(22,23)24)11-18(29)25-9-17(28)26-14-6-7-15(20)16(21)8-14/h2-8H,9-11H2,1H3,(H,25,29)(H,26,28). The summed E-state index contributed by atoms with van der Waals surface area (Å²) < 4.78 is 63.6. The number of hydrogen-bond donors (Lipinski definition) is 2. The summed E-state index contributed by atoms with van der Waals surface area (Å²) in [6.07, 6.45) is -4.41. The zero-order valence-corrected chi connectivity index (χ0v) is 15.3. The molecule has 0 aliphatic rings. The third-order valence-corrected chi connectivity index (χ3v) is 3.80. The summed E-state index contributed by atoms with van der Waals surface area (Å²) in [6.45, 7) is -0.252. The molecule has 2 rings (SSSR count). The van der Waals surface area contributed by atoms with Crippen LogP contribution in [0.25, 0.3) is 0 Å². The van der Waals surface area contributed by atoms with Gasteiger partial charge >= 0.3 is 6.18 Å². The Bertz CT molecular complexity index is 869. The van der Waals surface area contributed by atoms with Crippen LogP contribution in [-0.4, -0.2) is 36.9 Å². The number of amides is 2. The van der Waals surface area contributed by atoms with E-state index in [-0.39, 0.29) is 25.3 Å². The van der Waals surface area contributed by atoms with Crippen molar-refractivity contribution >= 4 is 17.5 Å². The van der Waals surface area contributed by atoms with Crippen LogP contribution in [0.3, 0.4) is 0 Å². The molecule has 0 aliphatic carbocycles. The van der Waals surface area contributed by atoms with Crippen molar-refractivity contribution < 1.29 is 31.5 Å². The predicted molar refractivity (Wildman–Crippen MR) is 95.8 cm³/mol. The van der Waals surface area contributed by atoms with E-state index in [1.54, 1.807) is 11.9 Å². The lowest BCUT2D eigenvalue weighted by atomic mass is 10.1. The highest BCUT2D eigenvalue weighted by atomic mass is 19.4. The molecule has 0 aliphatic heterocycles. The van der Waals surface area contributed by atoms with Gasteiger partial charge in [0, 0.05) is 18.3 Å². The Hall–Kier alpha value is -3.01. The molecule has 5 nitrogen and oxygen atoms in total. The fraction of sp³-hybridized carbons (Fsp3) is 0.263. The SMILES string of the molecule is CN(CC(=O)NCC(=O)Nc1ccc(F)c(F)c1)Cc1ccc(C(F)(F)F)cc1. The molecule has 156 valence electrons. The fourth-order valence-electron chi connectivity index (χ4n) is 2.43. The van der Waals surface area contributed by atoms with Gasteiger partial charge in [-0.05, 0) is 36.9 Å². The molecule has 0 fully saturated rings. The summed E-state index contributed by atoms with van der Waals surface area (Å²) in [5.74, 6) is -3.28. The van der Waals surface area contributed by atoms with E-state index in [0.29, 0.717) is 5.56 Å². The van der Waals surface area contributed by atoms with E-state index in [9.17, 15) is 31.5 Å². The van der Waals surface area contributed by atoms with Gasteiger partial charge in [-0.25, -0.2) is 8.78 Å². The van der Waals surface area contributed by atoms with E-state index in [4.69, 9.17) is 0 Å². The summed E-state index contributed by atoms with van der Waals surface area (Å²) in [6, 6.07) is 7.43. The minimum Gasteiger partial charge on any atom is -0.346 e. The van der Waals surface area contributed by atoms with E-state index in [1.165, 1.54) is 18.2 Å². The number of halogens is 5. The van der Waals surface area contributed by atoms with Gasteiger partial charge in [-0.2, -0.15) is 13.2 Å². The molecule has 2 N–H and O–H groups in total. The molecular weight excluding hydrogens is 397 g/mol. The maximum atomic E-state index is 13.1. The first-order chi connectivity index (χ1) is 13.5. The van der Waals surface area contributed by atoms with Gasteiger partial charge in [-0.15, -0.1) is 0 Å². The van der Waals surface area contributed by atoms with Gasteiger partial charge < -0.3 is 10.6 Å². The van der Waals surface area contributed by atoms with Gasteiger partial charge in [0.2, 0.25) is 11.8 Å². The smallest absolute Gasteiger partial charge is 0.346 e. The lowest BCUT2D eigenvalue weighted by Gasteiger charge is -2.17. The van der Waals surface area contributed by atoms with Crippen molar-refractivity contribution in [1.29, 1.82) is 0 Å². The number of alkyl halides is 3. The third kappa shape index (κ3) is 7.15. The van der Waals surface area contributed by atoms with Crippen LogP contribution in [0.5, 0.6) is 0 Å². The number of benzene rings is 2. The van der Waals surface area contributed by atoms with E-state index in [2.05, 4.69) is 10.6 Å². The molecule has 10 heteroatoms. The highest BCUT2D eigenvalue weighted by Crippen LogP contribution is 2.29. The van der Waals surface area contributed by atoms with Crippen molar-refractivity contribution in [3.63, 3.8) is 0 Å². The molecule has 0 radical (unpaired) electrons. The number of carbonyl (C=O) groups is 2. The zero-order chi connectivity index (χ0) is 21.6. The Labute approximate surface area is 163 Å². The highest BCUT2D eigenvalue weighted by molar-refractivity contribution is 5.94. The molecule has 0 spiro atoms. The molecule has 29 heavy (non-hydrogen) atoms. The minimum absolute atomic E-state index is 0.0440. The summed E-state index contributed by atoms with van der Waals surface area (Å²) in [5.41, 5.74) is -0.124. The average molecular weight is 415 g/mol. The van der Waals surface area contributed by atoms with Gasteiger partial charge in [0.25, 0.3) is 0 Å². The summed E-state index contributed by atoms with van der Waals surface area (Å²) >= 11 is 0. The molecule has 2 amide bonds. The molecule has 2 aromatic rings. The van der Waals surface area contributed by atoms with Gasteiger partial charge in [-0.1, -0.05) is 12.1 Å². The van der Waals surface area contributed by atoms with Crippen LogP contribution in [-0.2, 0) is 22.3 Å². The number of likely N-dealkylation sites (N-methyl/N-ethyl adjacent to an activating group) is 1. The predicted octanol–water partition coefficient (Wildman–Crippen LogP) is 3.17. The Morgan fingerprint density at radius 1 is 0.966 bits per heavy atom. The molecule has 0 unspecified atom stereocenters. The molecule has 0 heterocycles. The summed E-state index contributed by atoms with van der Waals surface area (Å²) in [5, 5.41) is 4.68. The number of nitrogens with zero attached hydrogens (tertiary/aromatic N) is 1. The van der Waals surface area contributed by atoms with Gasteiger partial charge in [0.1, 0.15) is 0 Å². The van der Waals surface area contributed by atoms with Crippen LogP contribution >= 0.6 is 0 Å². The number of rotatable bonds is 7. The largest absolute Gasteiger partial charge is 0.416 e. The van der Waals surface area contributed by atoms with Crippen LogP contribution in [0, 0.1) is 11.6 Å². The topological polar surface area (TPSA) is 61.4 Å². The first kappa shape index (κ1) is 22.3. The van der Waals surface area contributed by atoms with Crippen molar-refractivity contribution in [3.05, 3.63) is 65.2 Å². The molecule has 0 bridgehead atoms. The fourth-order valence-corrected chi connectivity index (χ4v) is 2.43.